The monoisotopic (exact) mass is 468 g/mol. The van der Waals surface area contributed by atoms with E-state index >= 15 is 0 Å². The molecule has 3 rings (SSSR count). The highest BCUT2D eigenvalue weighted by Crippen LogP contribution is 2.28. The van der Waals surface area contributed by atoms with Crippen LogP contribution < -0.4 is 14.8 Å². The van der Waals surface area contributed by atoms with Crippen molar-refractivity contribution in [2.75, 3.05) is 20.8 Å². The molecule has 0 aliphatic heterocycles. The van der Waals surface area contributed by atoms with Crippen LogP contribution in [0.4, 0.5) is 4.39 Å². The highest BCUT2D eigenvalue weighted by Gasteiger charge is 2.16. The third-order valence-electron chi connectivity index (χ3n) is 5.48. The molecule has 6 nitrogen and oxygen atoms in total. The maximum absolute atomic E-state index is 13.8. The topological polar surface area (TPSA) is 63.9 Å². The van der Waals surface area contributed by atoms with Crippen LogP contribution in [0.1, 0.15) is 53.6 Å². The molecular formula is C27H33FN2O4. The van der Waals surface area contributed by atoms with Crippen LogP contribution in [0.5, 0.6) is 11.5 Å². The SMILES string of the molecule is CCCCCNC(=O)c1ccc(CN(Cc2cccc(F)c2)Cc2ccc(OC)c(OC)c2)o1. The van der Waals surface area contributed by atoms with Gasteiger partial charge in [0.2, 0.25) is 0 Å². The standard InChI is InChI=1S/C27H33FN2O4/c1-4-5-6-14-29-27(31)25-13-11-23(34-25)19-30(17-20-8-7-9-22(28)15-20)18-21-10-12-24(32-2)26(16-21)33-3/h7-13,15-16H,4-6,14,17-19H2,1-3H3,(H,29,31). The zero-order valence-corrected chi connectivity index (χ0v) is 20.1. The van der Waals surface area contributed by atoms with E-state index in [0.717, 1.165) is 30.4 Å². The first-order valence-corrected chi connectivity index (χ1v) is 11.6. The fraction of sp³-hybridized carbons (Fsp3) is 0.370. The molecule has 0 saturated carbocycles. The summed E-state index contributed by atoms with van der Waals surface area (Å²) in [7, 11) is 3.20. The number of ether oxygens (including phenoxy) is 2. The average Bonchev–Trinajstić information content (AvgIpc) is 3.30. The van der Waals surface area contributed by atoms with Crippen molar-refractivity contribution >= 4 is 5.91 Å². The predicted molar refractivity (Wildman–Crippen MR) is 129 cm³/mol. The highest BCUT2D eigenvalue weighted by molar-refractivity contribution is 5.91. The van der Waals surface area contributed by atoms with E-state index in [1.165, 1.54) is 12.1 Å². The normalized spacial score (nSPS) is 11.0. The van der Waals surface area contributed by atoms with Crippen molar-refractivity contribution in [2.24, 2.45) is 0 Å². The molecule has 2 aromatic carbocycles. The van der Waals surface area contributed by atoms with Crippen LogP contribution in [0.2, 0.25) is 0 Å². The number of hydrogen-bond acceptors (Lipinski definition) is 5. The Morgan fingerprint density at radius 3 is 2.41 bits per heavy atom. The molecule has 34 heavy (non-hydrogen) atoms. The average molecular weight is 469 g/mol. The molecule has 1 amide bonds. The minimum atomic E-state index is -0.274. The van der Waals surface area contributed by atoms with Gasteiger partial charge in [-0.25, -0.2) is 4.39 Å². The number of amides is 1. The van der Waals surface area contributed by atoms with Crippen LogP contribution in [0.3, 0.4) is 0 Å². The van der Waals surface area contributed by atoms with Crippen LogP contribution >= 0.6 is 0 Å². The third-order valence-corrected chi connectivity index (χ3v) is 5.48. The molecule has 0 spiro atoms. The first-order valence-electron chi connectivity index (χ1n) is 11.6. The van der Waals surface area contributed by atoms with Crippen molar-refractivity contribution in [1.82, 2.24) is 10.2 Å². The number of halogens is 1. The fourth-order valence-electron chi connectivity index (χ4n) is 3.77. The zero-order chi connectivity index (χ0) is 24.3. The summed E-state index contributed by atoms with van der Waals surface area (Å²) in [5.74, 6) is 1.77. The van der Waals surface area contributed by atoms with Crippen molar-refractivity contribution in [3.05, 3.63) is 83.1 Å². The van der Waals surface area contributed by atoms with Crippen LogP contribution in [-0.4, -0.2) is 31.6 Å². The van der Waals surface area contributed by atoms with Gasteiger partial charge >= 0.3 is 0 Å². The predicted octanol–water partition coefficient (Wildman–Crippen LogP) is 5.56. The Morgan fingerprint density at radius 1 is 0.941 bits per heavy atom. The maximum atomic E-state index is 13.8. The summed E-state index contributed by atoms with van der Waals surface area (Å²) < 4.78 is 30.4. The largest absolute Gasteiger partial charge is 0.493 e. The van der Waals surface area contributed by atoms with Gasteiger partial charge in [-0.05, 0) is 53.9 Å². The van der Waals surface area contributed by atoms with Crippen molar-refractivity contribution in [2.45, 2.75) is 45.8 Å². The Balaban J connectivity index is 1.74. The molecule has 3 aromatic rings. The van der Waals surface area contributed by atoms with Gasteiger partial charge in [-0.15, -0.1) is 0 Å². The molecule has 0 aliphatic carbocycles. The van der Waals surface area contributed by atoms with E-state index in [1.807, 2.05) is 30.3 Å². The summed E-state index contributed by atoms with van der Waals surface area (Å²) in [4.78, 5) is 14.5. The number of methoxy groups -OCH3 is 2. The number of carbonyl (C=O) groups is 1. The Kier molecular flexibility index (Phi) is 9.52. The van der Waals surface area contributed by atoms with Crippen molar-refractivity contribution in [3.8, 4) is 11.5 Å². The molecule has 0 unspecified atom stereocenters. The van der Waals surface area contributed by atoms with Crippen molar-refractivity contribution < 1.29 is 23.1 Å². The molecule has 0 saturated heterocycles. The van der Waals surface area contributed by atoms with Gasteiger partial charge < -0.3 is 19.2 Å². The molecule has 1 N–H and O–H groups in total. The Labute approximate surface area is 200 Å². The summed E-state index contributed by atoms with van der Waals surface area (Å²) in [6, 6.07) is 15.8. The van der Waals surface area contributed by atoms with Gasteiger partial charge in [0.25, 0.3) is 5.91 Å². The Morgan fingerprint density at radius 2 is 1.71 bits per heavy atom. The molecule has 182 valence electrons. The van der Waals surface area contributed by atoms with Gasteiger partial charge in [0.1, 0.15) is 11.6 Å². The second-order valence-corrected chi connectivity index (χ2v) is 8.19. The van der Waals surface area contributed by atoms with Crippen LogP contribution in [0, 0.1) is 5.82 Å². The Hall–Kier alpha value is -3.32. The summed E-state index contributed by atoms with van der Waals surface area (Å²) in [6.07, 6.45) is 3.12. The number of benzene rings is 2. The first kappa shape index (κ1) is 25.3. The number of nitrogens with one attached hydrogen (secondary N) is 1. The maximum Gasteiger partial charge on any atom is 0.286 e. The number of nitrogens with zero attached hydrogens (tertiary/aromatic N) is 1. The van der Waals surface area contributed by atoms with Gasteiger partial charge in [-0.1, -0.05) is 38.0 Å². The molecule has 0 fully saturated rings. The lowest BCUT2D eigenvalue weighted by molar-refractivity contribution is 0.0920. The van der Waals surface area contributed by atoms with Crippen molar-refractivity contribution in [1.29, 1.82) is 0 Å². The smallest absolute Gasteiger partial charge is 0.286 e. The molecule has 0 radical (unpaired) electrons. The van der Waals surface area contributed by atoms with Gasteiger partial charge in [-0.3, -0.25) is 9.69 Å². The number of carbonyl (C=O) groups excluding carboxylic acids is 1. The molecule has 0 bridgehead atoms. The molecule has 0 aliphatic rings. The van der Waals surface area contributed by atoms with E-state index in [-0.39, 0.29) is 11.7 Å². The van der Waals surface area contributed by atoms with Gasteiger partial charge in [0, 0.05) is 19.6 Å². The first-order chi connectivity index (χ1) is 16.5. The lowest BCUT2D eigenvalue weighted by Gasteiger charge is -2.22. The molecule has 1 heterocycles. The summed E-state index contributed by atoms with van der Waals surface area (Å²) in [5, 5.41) is 2.90. The van der Waals surface area contributed by atoms with Crippen LogP contribution in [-0.2, 0) is 19.6 Å². The van der Waals surface area contributed by atoms with Gasteiger partial charge in [-0.2, -0.15) is 0 Å². The third kappa shape index (κ3) is 7.35. The quantitative estimate of drug-likeness (QED) is 0.333. The zero-order valence-electron chi connectivity index (χ0n) is 20.1. The number of unbranched alkanes of at least 4 members (excludes halogenated alkanes) is 2. The van der Waals surface area contributed by atoms with E-state index in [4.69, 9.17) is 13.9 Å². The van der Waals surface area contributed by atoms with Crippen LogP contribution in [0.15, 0.2) is 59.0 Å². The summed E-state index contributed by atoms with van der Waals surface area (Å²) in [5.41, 5.74) is 1.86. The van der Waals surface area contributed by atoms with Crippen molar-refractivity contribution in [3.63, 3.8) is 0 Å². The highest BCUT2D eigenvalue weighted by atomic mass is 19.1. The molecule has 7 heteroatoms. The number of furan rings is 1. The van der Waals surface area contributed by atoms with E-state index in [9.17, 15) is 9.18 Å². The summed E-state index contributed by atoms with van der Waals surface area (Å²) >= 11 is 0. The number of rotatable bonds is 13. The van der Waals surface area contributed by atoms with Crippen LogP contribution in [0.25, 0.3) is 0 Å². The lowest BCUT2D eigenvalue weighted by Crippen LogP contribution is -2.24. The number of hydrogen-bond donors (Lipinski definition) is 1. The summed E-state index contributed by atoms with van der Waals surface area (Å²) in [6.45, 7) is 4.28. The minimum Gasteiger partial charge on any atom is -0.493 e. The van der Waals surface area contributed by atoms with E-state index in [1.54, 1.807) is 26.4 Å². The lowest BCUT2D eigenvalue weighted by atomic mass is 10.1. The molecule has 1 aromatic heterocycles. The van der Waals surface area contributed by atoms with Gasteiger partial charge in [0.05, 0.1) is 20.8 Å². The molecule has 0 atom stereocenters. The molecular weight excluding hydrogens is 435 g/mol. The second-order valence-electron chi connectivity index (χ2n) is 8.19. The second kappa shape index (κ2) is 12.8. The van der Waals surface area contributed by atoms with E-state index in [2.05, 4.69) is 17.1 Å². The van der Waals surface area contributed by atoms with E-state index < -0.39 is 0 Å². The minimum absolute atomic E-state index is 0.209. The fourth-order valence-corrected chi connectivity index (χ4v) is 3.77. The Bertz CT molecular complexity index is 1070. The van der Waals surface area contributed by atoms with E-state index in [0.29, 0.717) is 49.2 Å². The van der Waals surface area contributed by atoms with Gasteiger partial charge in [0.15, 0.2) is 17.3 Å².